The molecule has 0 fully saturated rings. The summed E-state index contributed by atoms with van der Waals surface area (Å²) in [5.74, 6) is -3.06. The maximum absolute atomic E-state index is 12.8. The fraction of sp³-hybridized carbons (Fsp3) is 0.314. The van der Waals surface area contributed by atoms with Crippen LogP contribution < -0.4 is 20.4 Å². The van der Waals surface area contributed by atoms with Gasteiger partial charge in [-0.3, -0.25) is 28.8 Å². The van der Waals surface area contributed by atoms with Crippen molar-refractivity contribution in [2.75, 3.05) is 68.5 Å². The van der Waals surface area contributed by atoms with Gasteiger partial charge in [0.15, 0.2) is 0 Å². The predicted octanol–water partition coefficient (Wildman–Crippen LogP) is 2.03. The van der Waals surface area contributed by atoms with E-state index in [1.165, 1.54) is 63.0 Å². The molecule has 5 rings (SSSR count). The summed E-state index contributed by atoms with van der Waals surface area (Å²) < 4.78 is 0. The Balaban J connectivity index is 0.000000251. The molecule has 0 spiro atoms. The minimum absolute atomic E-state index is 0.0141. The van der Waals surface area contributed by atoms with Crippen LogP contribution in [0.5, 0.6) is 0 Å². The third-order valence-corrected chi connectivity index (χ3v) is 8.13. The molecule has 0 bridgehead atoms. The standard InChI is InChI=1S/C21H23N5O5.C14H16N2O4/c1-25-16-12-14(20(30)24-10-9-23-17-4-2-3-8-22-17)5-6-15(16)21(31)26(13-18(25)27)11-7-19(28)29;1-3-6-16-8-12(17)15(2)11-7-9(14(19)20)4-5-10(11)13(16)18/h2-6,8,12H,7,9-11,13H2,1H3,(H,22,23)(H,24,30)(H,28,29);4-5,7H,3,6,8H2,1-2H3,(H,19,20). The van der Waals surface area contributed by atoms with Crippen molar-refractivity contribution in [1.29, 1.82) is 0 Å². The van der Waals surface area contributed by atoms with Crippen molar-refractivity contribution in [1.82, 2.24) is 20.1 Å². The van der Waals surface area contributed by atoms with Gasteiger partial charge in [-0.25, -0.2) is 9.78 Å². The molecule has 0 unspecified atom stereocenters. The molecule has 2 aliphatic rings. The van der Waals surface area contributed by atoms with Crippen LogP contribution in [-0.2, 0) is 14.4 Å². The molecule has 51 heavy (non-hydrogen) atoms. The molecule has 3 heterocycles. The SMILES string of the molecule is CCCN1CC(=O)N(C)c2cc(C(=O)O)ccc2C1=O.CN1C(=O)CN(CCC(=O)O)C(=O)c2ccc(C(=O)NCCNc3ccccn3)cc21. The molecule has 0 atom stereocenters. The Kier molecular flexibility index (Phi) is 12.4. The number of pyridine rings is 1. The highest BCUT2D eigenvalue weighted by Gasteiger charge is 2.31. The number of carbonyl (C=O) groups excluding carboxylic acids is 5. The van der Waals surface area contributed by atoms with Crippen LogP contribution in [0.1, 0.15) is 61.2 Å². The van der Waals surface area contributed by atoms with Crippen molar-refractivity contribution in [3.8, 4) is 0 Å². The molecule has 0 saturated carbocycles. The first-order chi connectivity index (χ1) is 24.3. The number of carboxylic acids is 2. The zero-order valence-electron chi connectivity index (χ0n) is 28.4. The maximum Gasteiger partial charge on any atom is 0.335 e. The summed E-state index contributed by atoms with van der Waals surface area (Å²) in [5.41, 5.74) is 1.62. The van der Waals surface area contributed by atoms with Crippen LogP contribution in [0.15, 0.2) is 60.8 Å². The van der Waals surface area contributed by atoms with Crippen LogP contribution >= 0.6 is 0 Å². The van der Waals surface area contributed by atoms with Gasteiger partial charge in [0.25, 0.3) is 17.7 Å². The summed E-state index contributed by atoms with van der Waals surface area (Å²) in [6.45, 7) is 2.97. The average Bonchev–Trinajstić information content (AvgIpc) is 3.27. The second-order valence-corrected chi connectivity index (χ2v) is 11.7. The van der Waals surface area contributed by atoms with Crippen LogP contribution in [0.4, 0.5) is 17.2 Å². The van der Waals surface area contributed by atoms with Gasteiger partial charge in [0.2, 0.25) is 11.8 Å². The summed E-state index contributed by atoms with van der Waals surface area (Å²) in [7, 11) is 3.07. The van der Waals surface area contributed by atoms with Gasteiger partial charge >= 0.3 is 11.9 Å². The first-order valence-corrected chi connectivity index (χ1v) is 16.1. The van der Waals surface area contributed by atoms with E-state index < -0.39 is 17.8 Å². The Labute approximate surface area is 293 Å². The van der Waals surface area contributed by atoms with Crippen LogP contribution in [0.25, 0.3) is 0 Å². The highest BCUT2D eigenvalue weighted by molar-refractivity contribution is 6.11. The minimum Gasteiger partial charge on any atom is -0.481 e. The first-order valence-electron chi connectivity index (χ1n) is 16.1. The first kappa shape index (κ1) is 37.5. The van der Waals surface area contributed by atoms with Crippen molar-refractivity contribution in [3.63, 3.8) is 0 Å². The molecule has 5 amide bonds. The van der Waals surface area contributed by atoms with Gasteiger partial charge in [0.1, 0.15) is 18.9 Å². The average molecular weight is 702 g/mol. The molecule has 268 valence electrons. The van der Waals surface area contributed by atoms with Crippen LogP contribution in [0, 0.1) is 0 Å². The number of aromatic carboxylic acids is 1. The highest BCUT2D eigenvalue weighted by atomic mass is 16.4. The Morgan fingerprint density at radius 1 is 0.765 bits per heavy atom. The van der Waals surface area contributed by atoms with Crippen molar-refractivity contribution >= 4 is 58.7 Å². The topological polar surface area (TPSA) is 210 Å². The molecule has 1 aromatic heterocycles. The predicted molar refractivity (Wildman–Crippen MR) is 186 cm³/mol. The molecule has 0 saturated heterocycles. The number of likely N-dealkylation sites (N-methyl/N-ethyl adjacent to an activating group) is 2. The van der Waals surface area contributed by atoms with E-state index in [4.69, 9.17) is 10.2 Å². The van der Waals surface area contributed by atoms with E-state index in [2.05, 4.69) is 15.6 Å². The van der Waals surface area contributed by atoms with E-state index in [0.717, 1.165) is 6.42 Å². The number of hydrogen-bond acceptors (Lipinski definition) is 9. The molecule has 16 nitrogen and oxygen atoms in total. The second kappa shape index (κ2) is 16.9. The third kappa shape index (κ3) is 9.23. The van der Waals surface area contributed by atoms with Gasteiger partial charge in [-0.2, -0.15) is 0 Å². The van der Waals surface area contributed by atoms with Crippen LogP contribution in [0.2, 0.25) is 0 Å². The Morgan fingerprint density at radius 3 is 1.86 bits per heavy atom. The number of anilines is 3. The minimum atomic E-state index is -1.09. The monoisotopic (exact) mass is 701 g/mol. The number of nitrogens with one attached hydrogen (secondary N) is 2. The molecular formula is C35H39N7O9. The fourth-order valence-corrected chi connectivity index (χ4v) is 5.34. The molecular weight excluding hydrogens is 662 g/mol. The number of nitrogens with zero attached hydrogens (tertiary/aromatic N) is 5. The maximum atomic E-state index is 12.8. The lowest BCUT2D eigenvalue weighted by Gasteiger charge is -2.18. The number of aromatic nitrogens is 1. The number of carbonyl (C=O) groups is 7. The molecule has 2 aliphatic heterocycles. The highest BCUT2D eigenvalue weighted by Crippen LogP contribution is 2.27. The van der Waals surface area contributed by atoms with Gasteiger partial charge in [0, 0.05) is 52.0 Å². The molecule has 3 aromatic rings. The zero-order chi connectivity index (χ0) is 37.2. The normalized spacial score (nSPS) is 14.1. The molecule has 0 aliphatic carbocycles. The lowest BCUT2D eigenvalue weighted by molar-refractivity contribution is -0.137. The fourth-order valence-electron chi connectivity index (χ4n) is 5.34. The van der Waals surface area contributed by atoms with Crippen molar-refractivity contribution in [2.24, 2.45) is 0 Å². The number of aliphatic carboxylic acids is 1. The Hall–Kier alpha value is -6.32. The van der Waals surface area contributed by atoms with Gasteiger partial charge in [-0.1, -0.05) is 13.0 Å². The number of benzene rings is 2. The smallest absolute Gasteiger partial charge is 0.335 e. The number of hydrogen-bond donors (Lipinski definition) is 4. The summed E-state index contributed by atoms with van der Waals surface area (Å²) in [6, 6.07) is 14.2. The summed E-state index contributed by atoms with van der Waals surface area (Å²) >= 11 is 0. The van der Waals surface area contributed by atoms with E-state index in [1.54, 1.807) is 13.2 Å². The van der Waals surface area contributed by atoms with Gasteiger partial charge in [-0.05, 0) is 55.0 Å². The van der Waals surface area contributed by atoms with E-state index in [0.29, 0.717) is 48.0 Å². The number of fused-ring (bicyclic) bond motifs is 2. The third-order valence-electron chi connectivity index (χ3n) is 8.13. The van der Waals surface area contributed by atoms with Gasteiger partial charge < -0.3 is 40.4 Å². The Morgan fingerprint density at radius 2 is 1.33 bits per heavy atom. The largest absolute Gasteiger partial charge is 0.481 e. The second-order valence-electron chi connectivity index (χ2n) is 11.7. The van der Waals surface area contributed by atoms with Crippen molar-refractivity contribution < 1.29 is 43.8 Å². The number of carboxylic acid groups (broad SMARTS) is 2. The van der Waals surface area contributed by atoms with Crippen LogP contribution in [0.3, 0.4) is 0 Å². The van der Waals surface area contributed by atoms with Crippen molar-refractivity contribution in [2.45, 2.75) is 19.8 Å². The summed E-state index contributed by atoms with van der Waals surface area (Å²) in [5, 5.41) is 23.8. The zero-order valence-corrected chi connectivity index (χ0v) is 28.4. The lowest BCUT2D eigenvalue weighted by atomic mass is 10.1. The quantitative estimate of drug-likeness (QED) is 0.213. The number of amides is 5. The van der Waals surface area contributed by atoms with Crippen LogP contribution in [-0.4, -0.2) is 120 Å². The van der Waals surface area contributed by atoms with Gasteiger partial charge in [-0.15, -0.1) is 0 Å². The summed E-state index contributed by atoms with van der Waals surface area (Å²) in [4.78, 5) is 93.6. The summed E-state index contributed by atoms with van der Waals surface area (Å²) in [6.07, 6.45) is 2.16. The number of rotatable bonds is 11. The van der Waals surface area contributed by atoms with E-state index >= 15 is 0 Å². The molecule has 4 N–H and O–H groups in total. The van der Waals surface area contributed by atoms with E-state index in [9.17, 15) is 33.6 Å². The van der Waals surface area contributed by atoms with Gasteiger partial charge in [0.05, 0.1) is 34.5 Å². The van der Waals surface area contributed by atoms with Crippen molar-refractivity contribution in [3.05, 3.63) is 83.0 Å². The molecule has 16 heteroatoms. The lowest BCUT2D eigenvalue weighted by Crippen LogP contribution is -2.38. The Bertz CT molecular complexity index is 1830. The molecule has 2 aromatic carbocycles. The van der Waals surface area contributed by atoms with E-state index in [-0.39, 0.29) is 60.8 Å². The molecule has 0 radical (unpaired) electrons. The van der Waals surface area contributed by atoms with E-state index in [1.807, 2.05) is 25.1 Å².